The Morgan fingerprint density at radius 2 is 2.05 bits per heavy atom. The lowest BCUT2D eigenvalue weighted by atomic mass is 9.87. The maximum absolute atomic E-state index is 12.3. The van der Waals surface area contributed by atoms with E-state index in [0.717, 1.165) is 19.3 Å². The number of nitrogens with one attached hydrogen (secondary N) is 1. The summed E-state index contributed by atoms with van der Waals surface area (Å²) in [5.74, 6) is -0.366. The van der Waals surface area contributed by atoms with Crippen molar-refractivity contribution in [3.63, 3.8) is 0 Å². The van der Waals surface area contributed by atoms with E-state index in [-0.39, 0.29) is 23.3 Å². The second-order valence-corrected chi connectivity index (χ2v) is 5.71. The fraction of sp³-hybridized carbons (Fsp3) is 0.235. The van der Waals surface area contributed by atoms with Gasteiger partial charge in [0.05, 0.1) is 11.6 Å². The van der Waals surface area contributed by atoms with Gasteiger partial charge in [-0.3, -0.25) is 4.79 Å². The van der Waals surface area contributed by atoms with Gasteiger partial charge in [-0.05, 0) is 48.6 Å². The lowest BCUT2D eigenvalue weighted by molar-refractivity contribution is 0.0930. The normalized spacial score (nSPS) is 17.1. The number of carbonyl (C=O) groups excluding carboxylic acids is 1. The van der Waals surface area contributed by atoms with Crippen molar-refractivity contribution < 1.29 is 9.90 Å². The molecule has 0 fully saturated rings. The Bertz CT molecular complexity index is 684. The Labute approximate surface area is 128 Å². The Kier molecular flexibility index (Phi) is 3.84. The number of rotatable bonds is 2. The molecule has 3 nitrogen and oxygen atoms in total. The van der Waals surface area contributed by atoms with Crippen molar-refractivity contribution in [2.45, 2.75) is 25.3 Å². The summed E-state index contributed by atoms with van der Waals surface area (Å²) in [4.78, 5) is 12.3. The van der Waals surface area contributed by atoms with E-state index >= 15 is 0 Å². The van der Waals surface area contributed by atoms with Crippen molar-refractivity contribution in [3.8, 4) is 5.75 Å². The van der Waals surface area contributed by atoms with E-state index in [1.807, 2.05) is 12.1 Å². The quantitative estimate of drug-likeness (QED) is 0.885. The van der Waals surface area contributed by atoms with Gasteiger partial charge in [0.25, 0.3) is 5.91 Å². The minimum absolute atomic E-state index is 0.00229. The second-order valence-electron chi connectivity index (χ2n) is 5.28. The third-order valence-electron chi connectivity index (χ3n) is 3.88. The Morgan fingerprint density at radius 1 is 1.24 bits per heavy atom. The molecule has 1 aliphatic rings. The molecule has 0 aromatic heterocycles. The summed E-state index contributed by atoms with van der Waals surface area (Å²) >= 11 is 5.79. The minimum atomic E-state index is -0.272. The van der Waals surface area contributed by atoms with Crippen molar-refractivity contribution in [3.05, 3.63) is 64.2 Å². The van der Waals surface area contributed by atoms with Crippen LogP contribution < -0.4 is 5.32 Å². The molecule has 2 aromatic carbocycles. The van der Waals surface area contributed by atoms with Crippen LogP contribution in [0.5, 0.6) is 5.75 Å². The zero-order chi connectivity index (χ0) is 14.8. The standard InChI is InChI=1S/C17H16ClNO2/c18-12-8-9-14(16(20)10-12)17(21)19-15-7-3-5-11-4-1-2-6-13(11)15/h1-2,4,6,8-10,15,20H,3,5,7H2,(H,19,21). The van der Waals surface area contributed by atoms with Gasteiger partial charge in [-0.1, -0.05) is 35.9 Å². The summed E-state index contributed by atoms with van der Waals surface area (Å²) in [6.07, 6.45) is 3.01. The van der Waals surface area contributed by atoms with E-state index in [1.165, 1.54) is 17.2 Å². The SMILES string of the molecule is O=C(NC1CCCc2ccccc21)c1ccc(Cl)cc1O. The Hall–Kier alpha value is -2.00. The van der Waals surface area contributed by atoms with Crippen molar-refractivity contribution in [1.82, 2.24) is 5.32 Å². The predicted octanol–water partition coefficient (Wildman–Crippen LogP) is 3.85. The number of aryl methyl sites for hydroxylation is 1. The number of hydrogen-bond acceptors (Lipinski definition) is 2. The summed E-state index contributed by atoms with van der Waals surface area (Å²) in [6, 6.07) is 12.7. The average molecular weight is 302 g/mol. The molecule has 1 amide bonds. The van der Waals surface area contributed by atoms with Crippen molar-refractivity contribution >= 4 is 17.5 Å². The van der Waals surface area contributed by atoms with Gasteiger partial charge in [0.2, 0.25) is 0 Å². The molecule has 0 saturated heterocycles. The molecule has 0 heterocycles. The van der Waals surface area contributed by atoms with Gasteiger partial charge in [-0.15, -0.1) is 0 Å². The molecule has 1 unspecified atom stereocenters. The highest BCUT2D eigenvalue weighted by Gasteiger charge is 2.22. The van der Waals surface area contributed by atoms with Gasteiger partial charge in [0.15, 0.2) is 0 Å². The molecule has 1 atom stereocenters. The summed E-state index contributed by atoms with van der Waals surface area (Å²) in [6.45, 7) is 0. The number of halogens is 1. The summed E-state index contributed by atoms with van der Waals surface area (Å²) in [5.41, 5.74) is 2.71. The van der Waals surface area contributed by atoms with E-state index in [1.54, 1.807) is 12.1 Å². The van der Waals surface area contributed by atoms with Gasteiger partial charge in [-0.25, -0.2) is 0 Å². The monoisotopic (exact) mass is 301 g/mol. The van der Waals surface area contributed by atoms with Crippen LogP contribution in [0.25, 0.3) is 0 Å². The molecule has 1 aliphatic carbocycles. The molecule has 2 N–H and O–H groups in total. The molecule has 0 spiro atoms. The van der Waals surface area contributed by atoms with Crippen LogP contribution in [0.2, 0.25) is 5.02 Å². The van der Waals surface area contributed by atoms with E-state index in [2.05, 4.69) is 17.4 Å². The van der Waals surface area contributed by atoms with E-state index in [9.17, 15) is 9.90 Å². The highest BCUT2D eigenvalue weighted by Crippen LogP contribution is 2.30. The van der Waals surface area contributed by atoms with E-state index in [0.29, 0.717) is 5.02 Å². The van der Waals surface area contributed by atoms with Gasteiger partial charge < -0.3 is 10.4 Å². The van der Waals surface area contributed by atoms with Gasteiger partial charge >= 0.3 is 0 Å². The molecule has 3 rings (SSSR count). The van der Waals surface area contributed by atoms with Crippen LogP contribution in [0.1, 0.15) is 40.4 Å². The largest absolute Gasteiger partial charge is 0.507 e. The van der Waals surface area contributed by atoms with Crippen LogP contribution in [0.15, 0.2) is 42.5 Å². The van der Waals surface area contributed by atoms with Crippen LogP contribution in [-0.2, 0) is 6.42 Å². The van der Waals surface area contributed by atoms with Crippen LogP contribution in [-0.4, -0.2) is 11.0 Å². The minimum Gasteiger partial charge on any atom is -0.507 e. The lowest BCUT2D eigenvalue weighted by Gasteiger charge is -2.26. The number of phenols is 1. The molecule has 21 heavy (non-hydrogen) atoms. The number of phenolic OH excluding ortho intramolecular Hbond substituents is 1. The smallest absolute Gasteiger partial charge is 0.255 e. The predicted molar refractivity (Wildman–Crippen MR) is 82.7 cm³/mol. The van der Waals surface area contributed by atoms with Crippen LogP contribution in [0, 0.1) is 0 Å². The number of carbonyl (C=O) groups is 1. The van der Waals surface area contributed by atoms with E-state index in [4.69, 9.17) is 11.6 Å². The average Bonchev–Trinajstić information content (AvgIpc) is 2.47. The number of amides is 1. The van der Waals surface area contributed by atoms with Crippen LogP contribution >= 0.6 is 11.6 Å². The maximum atomic E-state index is 12.3. The number of benzene rings is 2. The van der Waals surface area contributed by atoms with Crippen LogP contribution in [0.4, 0.5) is 0 Å². The first kappa shape index (κ1) is 14.0. The topological polar surface area (TPSA) is 49.3 Å². The first-order chi connectivity index (χ1) is 10.1. The fourth-order valence-electron chi connectivity index (χ4n) is 2.84. The molecular weight excluding hydrogens is 286 g/mol. The zero-order valence-corrected chi connectivity index (χ0v) is 12.2. The number of aromatic hydroxyl groups is 1. The first-order valence-corrected chi connectivity index (χ1v) is 7.40. The molecule has 0 aliphatic heterocycles. The zero-order valence-electron chi connectivity index (χ0n) is 11.5. The Morgan fingerprint density at radius 3 is 2.86 bits per heavy atom. The molecule has 0 bridgehead atoms. The third-order valence-corrected chi connectivity index (χ3v) is 4.11. The highest BCUT2D eigenvalue weighted by atomic mass is 35.5. The number of fused-ring (bicyclic) bond motifs is 1. The summed E-state index contributed by atoms with van der Waals surface area (Å²) < 4.78 is 0. The summed E-state index contributed by atoms with van der Waals surface area (Å²) in [5, 5.41) is 13.3. The fourth-order valence-corrected chi connectivity index (χ4v) is 3.00. The third kappa shape index (κ3) is 2.88. The Balaban J connectivity index is 1.83. The van der Waals surface area contributed by atoms with Crippen LogP contribution in [0.3, 0.4) is 0 Å². The van der Waals surface area contributed by atoms with Crippen molar-refractivity contribution in [2.75, 3.05) is 0 Å². The van der Waals surface area contributed by atoms with Gasteiger partial charge in [0.1, 0.15) is 5.75 Å². The lowest BCUT2D eigenvalue weighted by Crippen LogP contribution is -2.31. The van der Waals surface area contributed by atoms with E-state index < -0.39 is 0 Å². The van der Waals surface area contributed by atoms with Crippen molar-refractivity contribution in [1.29, 1.82) is 0 Å². The van der Waals surface area contributed by atoms with Crippen molar-refractivity contribution in [2.24, 2.45) is 0 Å². The van der Waals surface area contributed by atoms with Gasteiger partial charge in [-0.2, -0.15) is 0 Å². The van der Waals surface area contributed by atoms with Gasteiger partial charge in [0, 0.05) is 5.02 Å². The molecule has 2 aromatic rings. The molecule has 108 valence electrons. The molecule has 4 heteroatoms. The molecular formula is C17H16ClNO2. The molecule has 0 saturated carbocycles. The summed E-state index contributed by atoms with van der Waals surface area (Å²) in [7, 11) is 0. The second kappa shape index (κ2) is 5.78. The molecule has 0 radical (unpaired) electrons. The highest BCUT2D eigenvalue weighted by molar-refractivity contribution is 6.30. The number of hydrogen-bond donors (Lipinski definition) is 2. The first-order valence-electron chi connectivity index (χ1n) is 7.02. The maximum Gasteiger partial charge on any atom is 0.255 e.